The number of halogens is 3. The summed E-state index contributed by atoms with van der Waals surface area (Å²) in [5, 5.41) is 2.47. The van der Waals surface area contributed by atoms with Gasteiger partial charge in [-0.3, -0.25) is 14.6 Å². The van der Waals surface area contributed by atoms with Gasteiger partial charge in [-0.05, 0) is 38.8 Å². The van der Waals surface area contributed by atoms with Crippen LogP contribution in [0.15, 0.2) is 24.3 Å². The Kier molecular flexibility index (Phi) is 6.62. The summed E-state index contributed by atoms with van der Waals surface area (Å²) in [6.07, 6.45) is -2.61. The van der Waals surface area contributed by atoms with E-state index in [4.69, 9.17) is 4.74 Å². The average molecular weight is 399 g/mol. The maximum Gasteiger partial charge on any atom is 0.418 e. The molecule has 1 amide bonds. The van der Waals surface area contributed by atoms with Gasteiger partial charge in [0, 0.05) is 31.7 Å². The Morgan fingerprint density at radius 2 is 1.89 bits per heavy atom. The Balaban J connectivity index is 1.57. The van der Waals surface area contributed by atoms with E-state index in [-0.39, 0.29) is 5.69 Å². The standard InChI is InChI=1S/C20H28F3N3O2/c1-14-13-28-12-11-26(14)16-7-9-25(10-8-16)15(2)19(27)24-18-6-4-3-5-17(18)20(21,22)23/h3-6,14-16H,7-13H2,1-2H3,(H,24,27). The molecule has 2 aliphatic rings. The molecule has 2 atom stereocenters. The number of nitrogens with one attached hydrogen (secondary N) is 1. The van der Waals surface area contributed by atoms with Crippen LogP contribution in [0.3, 0.4) is 0 Å². The smallest absolute Gasteiger partial charge is 0.379 e. The number of alkyl halides is 3. The lowest BCUT2D eigenvalue weighted by Gasteiger charge is -2.44. The first-order chi connectivity index (χ1) is 13.3. The molecule has 1 aromatic carbocycles. The third-order valence-electron chi connectivity index (χ3n) is 5.80. The highest BCUT2D eigenvalue weighted by atomic mass is 19.4. The Morgan fingerprint density at radius 1 is 1.21 bits per heavy atom. The van der Waals surface area contributed by atoms with Crippen LogP contribution in [0.4, 0.5) is 18.9 Å². The molecule has 5 nitrogen and oxygen atoms in total. The number of piperidine rings is 1. The molecule has 2 fully saturated rings. The molecule has 8 heteroatoms. The molecular weight excluding hydrogens is 371 g/mol. The molecule has 0 spiro atoms. The summed E-state index contributed by atoms with van der Waals surface area (Å²) in [5.41, 5.74) is -1.01. The van der Waals surface area contributed by atoms with E-state index in [0.29, 0.717) is 12.1 Å². The molecule has 2 aliphatic heterocycles. The summed E-state index contributed by atoms with van der Waals surface area (Å²) in [6.45, 7) is 7.85. The van der Waals surface area contributed by atoms with E-state index >= 15 is 0 Å². The lowest BCUT2D eigenvalue weighted by Crippen LogP contribution is -2.55. The van der Waals surface area contributed by atoms with Crippen LogP contribution in [0.5, 0.6) is 0 Å². The minimum atomic E-state index is -4.50. The van der Waals surface area contributed by atoms with E-state index in [0.717, 1.165) is 51.8 Å². The van der Waals surface area contributed by atoms with Crippen molar-refractivity contribution in [3.8, 4) is 0 Å². The SMILES string of the molecule is CC(C(=O)Nc1ccccc1C(F)(F)F)N1CCC(N2CCOCC2C)CC1. The van der Waals surface area contributed by atoms with Crippen molar-refractivity contribution in [2.75, 3.05) is 38.2 Å². The van der Waals surface area contributed by atoms with Crippen LogP contribution in [-0.4, -0.2) is 66.7 Å². The van der Waals surface area contributed by atoms with Crippen LogP contribution in [0.25, 0.3) is 0 Å². The Hall–Kier alpha value is -1.64. The fourth-order valence-electron chi connectivity index (χ4n) is 4.13. The minimum absolute atomic E-state index is 0.191. The van der Waals surface area contributed by atoms with Crippen molar-refractivity contribution < 1.29 is 22.7 Å². The number of rotatable bonds is 4. The predicted octanol–water partition coefficient (Wildman–Crippen LogP) is 3.22. The first-order valence-electron chi connectivity index (χ1n) is 9.82. The number of ether oxygens (including phenoxy) is 1. The number of anilines is 1. The second kappa shape index (κ2) is 8.80. The summed E-state index contributed by atoms with van der Waals surface area (Å²) in [5.74, 6) is -0.408. The summed E-state index contributed by atoms with van der Waals surface area (Å²) >= 11 is 0. The number of carbonyl (C=O) groups excluding carboxylic acids is 1. The second-order valence-corrected chi connectivity index (χ2v) is 7.64. The van der Waals surface area contributed by atoms with Crippen LogP contribution in [0.1, 0.15) is 32.3 Å². The number of amides is 1. The summed E-state index contributed by atoms with van der Waals surface area (Å²) < 4.78 is 44.9. The van der Waals surface area contributed by atoms with Gasteiger partial charge in [0.1, 0.15) is 0 Å². The molecule has 2 heterocycles. The van der Waals surface area contributed by atoms with E-state index in [1.807, 2.05) is 4.90 Å². The lowest BCUT2D eigenvalue weighted by atomic mass is 9.99. The monoisotopic (exact) mass is 399 g/mol. The van der Waals surface area contributed by atoms with Crippen LogP contribution >= 0.6 is 0 Å². The lowest BCUT2D eigenvalue weighted by molar-refractivity contribution is -0.137. The third-order valence-corrected chi connectivity index (χ3v) is 5.80. The maximum absolute atomic E-state index is 13.1. The molecule has 0 aromatic heterocycles. The van der Waals surface area contributed by atoms with E-state index in [9.17, 15) is 18.0 Å². The highest BCUT2D eigenvalue weighted by Crippen LogP contribution is 2.34. The number of likely N-dealkylation sites (tertiary alicyclic amines) is 1. The van der Waals surface area contributed by atoms with E-state index < -0.39 is 23.7 Å². The molecular formula is C20H28F3N3O2. The fourth-order valence-corrected chi connectivity index (χ4v) is 4.13. The first-order valence-corrected chi connectivity index (χ1v) is 9.82. The van der Waals surface area contributed by atoms with E-state index in [2.05, 4.69) is 17.1 Å². The molecule has 0 saturated carbocycles. The molecule has 1 aromatic rings. The normalized spacial score (nSPS) is 24.1. The Bertz CT molecular complexity index is 675. The van der Waals surface area contributed by atoms with Gasteiger partial charge in [0.2, 0.25) is 5.91 Å². The van der Waals surface area contributed by atoms with Crippen molar-refractivity contribution in [2.45, 2.75) is 51.0 Å². The van der Waals surface area contributed by atoms with Crippen LogP contribution in [0.2, 0.25) is 0 Å². The molecule has 3 rings (SSSR count). The summed E-state index contributed by atoms with van der Waals surface area (Å²) in [4.78, 5) is 17.1. The van der Waals surface area contributed by atoms with Crippen LogP contribution in [0, 0.1) is 0 Å². The van der Waals surface area contributed by atoms with Crippen molar-refractivity contribution in [3.63, 3.8) is 0 Å². The van der Waals surface area contributed by atoms with Crippen molar-refractivity contribution in [2.24, 2.45) is 0 Å². The second-order valence-electron chi connectivity index (χ2n) is 7.64. The molecule has 1 N–H and O–H groups in total. The third kappa shape index (κ3) is 4.85. The molecule has 2 unspecified atom stereocenters. The molecule has 28 heavy (non-hydrogen) atoms. The molecule has 156 valence electrons. The highest BCUT2D eigenvalue weighted by Gasteiger charge is 2.35. The van der Waals surface area contributed by atoms with Gasteiger partial charge in [0.05, 0.1) is 30.5 Å². The number of carbonyl (C=O) groups is 1. The first kappa shape index (κ1) is 21.1. The van der Waals surface area contributed by atoms with Gasteiger partial charge >= 0.3 is 6.18 Å². The largest absolute Gasteiger partial charge is 0.418 e. The van der Waals surface area contributed by atoms with E-state index in [1.165, 1.54) is 18.2 Å². The van der Waals surface area contributed by atoms with Crippen molar-refractivity contribution >= 4 is 11.6 Å². The van der Waals surface area contributed by atoms with Crippen LogP contribution in [-0.2, 0) is 15.7 Å². The zero-order valence-electron chi connectivity index (χ0n) is 16.3. The van der Waals surface area contributed by atoms with Crippen molar-refractivity contribution in [1.82, 2.24) is 9.80 Å². The fraction of sp³-hybridized carbons (Fsp3) is 0.650. The molecule has 0 bridgehead atoms. The van der Waals surface area contributed by atoms with Crippen molar-refractivity contribution in [1.29, 1.82) is 0 Å². The Labute approximate surface area is 163 Å². The number of hydrogen-bond acceptors (Lipinski definition) is 4. The molecule has 2 saturated heterocycles. The molecule has 0 aliphatic carbocycles. The van der Waals surface area contributed by atoms with Gasteiger partial charge < -0.3 is 10.1 Å². The summed E-state index contributed by atoms with van der Waals surface area (Å²) in [7, 11) is 0. The van der Waals surface area contributed by atoms with Gasteiger partial charge in [0.15, 0.2) is 0 Å². The van der Waals surface area contributed by atoms with Crippen molar-refractivity contribution in [3.05, 3.63) is 29.8 Å². The predicted molar refractivity (Wildman–Crippen MR) is 101 cm³/mol. The number of morpholine rings is 1. The minimum Gasteiger partial charge on any atom is -0.379 e. The maximum atomic E-state index is 13.1. The van der Waals surface area contributed by atoms with Gasteiger partial charge in [-0.15, -0.1) is 0 Å². The summed E-state index contributed by atoms with van der Waals surface area (Å²) in [6, 6.07) is 5.46. The zero-order chi connectivity index (χ0) is 20.3. The van der Waals surface area contributed by atoms with Gasteiger partial charge in [0.25, 0.3) is 0 Å². The highest BCUT2D eigenvalue weighted by molar-refractivity contribution is 5.95. The number of nitrogens with zero attached hydrogens (tertiary/aromatic N) is 2. The van der Waals surface area contributed by atoms with Gasteiger partial charge in [-0.2, -0.15) is 13.2 Å². The zero-order valence-corrected chi connectivity index (χ0v) is 16.3. The quantitative estimate of drug-likeness (QED) is 0.845. The average Bonchev–Trinajstić information content (AvgIpc) is 2.67. The number of para-hydroxylation sites is 1. The van der Waals surface area contributed by atoms with Crippen LogP contribution < -0.4 is 5.32 Å². The van der Waals surface area contributed by atoms with E-state index in [1.54, 1.807) is 6.92 Å². The van der Waals surface area contributed by atoms with Gasteiger partial charge in [-0.25, -0.2) is 0 Å². The number of hydrogen-bond donors (Lipinski definition) is 1. The molecule has 0 radical (unpaired) electrons. The topological polar surface area (TPSA) is 44.8 Å². The van der Waals surface area contributed by atoms with Gasteiger partial charge in [-0.1, -0.05) is 12.1 Å². The number of benzene rings is 1. The Morgan fingerprint density at radius 3 is 2.54 bits per heavy atom.